The predicted octanol–water partition coefficient (Wildman–Crippen LogP) is 4.21. The highest BCUT2D eigenvalue weighted by atomic mass is 16.4. The average Bonchev–Trinajstić information content (AvgIpc) is 2.64. The van der Waals surface area contributed by atoms with Gasteiger partial charge < -0.3 is 15.5 Å². The molecular weight excluding hydrogens is 330 g/mol. The lowest BCUT2D eigenvalue weighted by molar-refractivity contribution is -0.145. The Kier molecular flexibility index (Phi) is 11.4. The number of amides is 1. The Hall–Kier alpha value is -1.88. The second-order valence-electron chi connectivity index (χ2n) is 6.82. The summed E-state index contributed by atoms with van der Waals surface area (Å²) in [7, 11) is 0. The fourth-order valence-electron chi connectivity index (χ4n) is 2.96. The van der Waals surface area contributed by atoms with Crippen LogP contribution in [0.5, 0.6) is 0 Å². The number of carbonyl (C=O) groups excluding carboxylic acids is 1. The second-order valence-corrected chi connectivity index (χ2v) is 6.82. The smallest absolute Gasteiger partial charge is 0.329 e. The molecule has 1 rings (SSSR count). The number of carbonyl (C=O) groups is 2. The van der Waals surface area contributed by atoms with Crippen molar-refractivity contribution in [2.75, 3.05) is 0 Å². The molecule has 0 spiro atoms. The molecule has 5 heteroatoms. The molecule has 0 aromatic heterocycles. The molecule has 3 N–H and O–H groups in total. The van der Waals surface area contributed by atoms with Crippen molar-refractivity contribution in [2.45, 2.75) is 83.3 Å². The minimum atomic E-state index is -1.33. The van der Waals surface area contributed by atoms with Gasteiger partial charge in [0.2, 0.25) is 5.91 Å². The van der Waals surface area contributed by atoms with Crippen molar-refractivity contribution >= 4 is 11.9 Å². The first-order valence-corrected chi connectivity index (χ1v) is 9.81. The van der Waals surface area contributed by atoms with E-state index in [2.05, 4.69) is 12.2 Å². The van der Waals surface area contributed by atoms with Crippen molar-refractivity contribution in [3.63, 3.8) is 0 Å². The molecule has 2 atom stereocenters. The summed E-state index contributed by atoms with van der Waals surface area (Å²) in [5, 5.41) is 22.0. The Morgan fingerprint density at radius 3 is 2.00 bits per heavy atom. The number of rotatable bonds is 14. The number of aliphatic carboxylic acids is 1. The molecule has 0 aliphatic heterocycles. The van der Waals surface area contributed by atoms with Crippen molar-refractivity contribution in [1.29, 1.82) is 0 Å². The van der Waals surface area contributed by atoms with Crippen LogP contribution >= 0.6 is 0 Å². The molecule has 1 amide bonds. The molecule has 0 heterocycles. The molecular formula is C21H33NO4. The molecule has 0 aliphatic rings. The molecule has 0 fully saturated rings. The van der Waals surface area contributed by atoms with Crippen molar-refractivity contribution in [3.05, 3.63) is 35.9 Å². The Labute approximate surface area is 156 Å². The van der Waals surface area contributed by atoms with Crippen molar-refractivity contribution < 1.29 is 19.8 Å². The number of hydrogen-bond donors (Lipinski definition) is 3. The van der Waals surface area contributed by atoms with Crippen LogP contribution in [0.2, 0.25) is 0 Å². The predicted molar refractivity (Wildman–Crippen MR) is 103 cm³/mol. The van der Waals surface area contributed by atoms with Gasteiger partial charge in [-0.15, -0.1) is 0 Å². The minimum Gasteiger partial charge on any atom is -0.480 e. The molecule has 1 aromatic rings. The number of hydrogen-bond acceptors (Lipinski definition) is 3. The zero-order valence-electron chi connectivity index (χ0n) is 15.8. The molecule has 0 unspecified atom stereocenters. The number of unbranched alkanes of at least 4 members (excludes halogenated alkanes) is 8. The van der Waals surface area contributed by atoms with Gasteiger partial charge in [-0.05, 0) is 12.0 Å². The fourth-order valence-corrected chi connectivity index (χ4v) is 2.96. The Balaban J connectivity index is 2.26. The molecule has 5 nitrogen and oxygen atoms in total. The summed E-state index contributed by atoms with van der Waals surface area (Å²) < 4.78 is 0. The van der Waals surface area contributed by atoms with Gasteiger partial charge >= 0.3 is 5.97 Å². The van der Waals surface area contributed by atoms with Gasteiger partial charge in [-0.2, -0.15) is 0 Å². The van der Waals surface area contributed by atoms with Crippen molar-refractivity contribution in [3.8, 4) is 0 Å². The first kappa shape index (κ1) is 22.2. The van der Waals surface area contributed by atoms with Gasteiger partial charge in [0.05, 0.1) is 0 Å². The van der Waals surface area contributed by atoms with E-state index in [0.717, 1.165) is 19.3 Å². The maximum Gasteiger partial charge on any atom is 0.329 e. The topological polar surface area (TPSA) is 86.6 Å². The van der Waals surface area contributed by atoms with E-state index in [1.165, 1.54) is 38.5 Å². The van der Waals surface area contributed by atoms with E-state index in [9.17, 15) is 19.8 Å². The molecule has 146 valence electrons. The number of aliphatic hydroxyl groups excluding tert-OH is 1. The third-order valence-electron chi connectivity index (χ3n) is 4.55. The third-order valence-corrected chi connectivity index (χ3v) is 4.55. The maximum absolute atomic E-state index is 12.0. The van der Waals surface area contributed by atoms with Crippen LogP contribution in [-0.4, -0.2) is 28.1 Å². The van der Waals surface area contributed by atoms with E-state index < -0.39 is 18.1 Å². The summed E-state index contributed by atoms with van der Waals surface area (Å²) in [6, 6.07) is 7.20. The first-order chi connectivity index (χ1) is 12.6. The summed E-state index contributed by atoms with van der Waals surface area (Å²) in [6.45, 7) is 2.21. The van der Waals surface area contributed by atoms with Gasteiger partial charge in [0.1, 0.15) is 6.10 Å². The average molecular weight is 363 g/mol. The van der Waals surface area contributed by atoms with Crippen LogP contribution in [0.15, 0.2) is 30.3 Å². The lowest BCUT2D eigenvalue weighted by atomic mass is 10.0. The van der Waals surface area contributed by atoms with Crippen LogP contribution in [0.25, 0.3) is 0 Å². The van der Waals surface area contributed by atoms with Gasteiger partial charge in [-0.1, -0.05) is 88.6 Å². The number of nitrogens with one attached hydrogen (secondary N) is 1. The largest absolute Gasteiger partial charge is 0.480 e. The van der Waals surface area contributed by atoms with E-state index in [4.69, 9.17) is 0 Å². The number of benzene rings is 1. The van der Waals surface area contributed by atoms with Crippen LogP contribution in [0.3, 0.4) is 0 Å². The molecule has 1 aromatic carbocycles. The van der Waals surface area contributed by atoms with Crippen molar-refractivity contribution in [2.24, 2.45) is 0 Å². The van der Waals surface area contributed by atoms with Crippen LogP contribution in [0.4, 0.5) is 0 Å². The zero-order valence-corrected chi connectivity index (χ0v) is 15.8. The SMILES string of the molecule is CCCCCCCCCCCC(=O)N[C@H](C(=O)O)[C@@H](O)c1ccccc1. The fraction of sp³-hybridized carbons (Fsp3) is 0.619. The highest BCUT2D eigenvalue weighted by Gasteiger charge is 2.29. The highest BCUT2D eigenvalue weighted by Crippen LogP contribution is 2.17. The van der Waals surface area contributed by atoms with Gasteiger partial charge in [0.25, 0.3) is 0 Å². The van der Waals surface area contributed by atoms with E-state index in [0.29, 0.717) is 12.0 Å². The second kappa shape index (κ2) is 13.3. The number of aliphatic hydroxyl groups is 1. The molecule has 0 saturated carbocycles. The number of carboxylic acid groups (broad SMARTS) is 1. The van der Waals surface area contributed by atoms with Crippen LogP contribution in [0, 0.1) is 0 Å². The van der Waals surface area contributed by atoms with Gasteiger partial charge in [0, 0.05) is 6.42 Å². The normalized spacial score (nSPS) is 13.2. The van der Waals surface area contributed by atoms with Gasteiger partial charge in [-0.25, -0.2) is 4.79 Å². The summed E-state index contributed by atoms with van der Waals surface area (Å²) >= 11 is 0. The van der Waals surface area contributed by atoms with E-state index in [1.807, 2.05) is 0 Å². The molecule has 26 heavy (non-hydrogen) atoms. The van der Waals surface area contributed by atoms with E-state index >= 15 is 0 Å². The summed E-state index contributed by atoms with van der Waals surface area (Å²) in [6.07, 6.45) is 9.44. The van der Waals surface area contributed by atoms with Crippen LogP contribution in [-0.2, 0) is 9.59 Å². The first-order valence-electron chi connectivity index (χ1n) is 9.81. The van der Waals surface area contributed by atoms with Crippen LogP contribution in [0.1, 0.15) is 82.8 Å². The van der Waals surface area contributed by atoms with Gasteiger partial charge in [0.15, 0.2) is 6.04 Å². The maximum atomic E-state index is 12.0. The summed E-state index contributed by atoms with van der Waals surface area (Å²) in [4.78, 5) is 23.4. The Bertz CT molecular complexity index is 518. The molecule has 0 radical (unpaired) electrons. The monoisotopic (exact) mass is 363 g/mol. The molecule has 0 saturated heterocycles. The van der Waals surface area contributed by atoms with E-state index in [-0.39, 0.29) is 5.91 Å². The zero-order chi connectivity index (χ0) is 19.2. The minimum absolute atomic E-state index is 0.293. The Morgan fingerprint density at radius 2 is 1.46 bits per heavy atom. The standard InChI is InChI=1S/C21H33NO4/c1-2-3-4-5-6-7-8-9-13-16-18(23)22-19(21(25)26)20(24)17-14-11-10-12-15-17/h10-12,14-15,19-20,24H,2-9,13,16H2,1H3,(H,22,23)(H,25,26)/t19-,20-/m0/s1. The highest BCUT2D eigenvalue weighted by molar-refractivity contribution is 5.84. The lowest BCUT2D eigenvalue weighted by Gasteiger charge is -2.20. The summed E-state index contributed by atoms with van der Waals surface area (Å²) in [5.74, 6) is -1.56. The van der Waals surface area contributed by atoms with Crippen LogP contribution < -0.4 is 5.32 Å². The number of carboxylic acids is 1. The lowest BCUT2D eigenvalue weighted by Crippen LogP contribution is -2.44. The summed E-state index contributed by atoms with van der Waals surface area (Å²) in [5.41, 5.74) is 0.475. The van der Waals surface area contributed by atoms with Crippen molar-refractivity contribution in [1.82, 2.24) is 5.32 Å². The third kappa shape index (κ3) is 8.99. The van der Waals surface area contributed by atoms with E-state index in [1.54, 1.807) is 30.3 Å². The Morgan fingerprint density at radius 1 is 0.923 bits per heavy atom. The van der Waals surface area contributed by atoms with Gasteiger partial charge in [-0.3, -0.25) is 4.79 Å². The quantitative estimate of drug-likeness (QED) is 0.432. The molecule has 0 aliphatic carbocycles. The molecule has 0 bridgehead atoms.